The maximum atomic E-state index is 13.2. The molecular formula is C16H16BrFO3. The molecule has 1 N–H and O–H groups in total. The van der Waals surface area contributed by atoms with E-state index in [1.807, 2.05) is 24.3 Å². The highest BCUT2D eigenvalue weighted by molar-refractivity contribution is 9.10. The van der Waals surface area contributed by atoms with E-state index in [0.717, 1.165) is 10.2 Å². The van der Waals surface area contributed by atoms with Crippen LogP contribution in [-0.4, -0.2) is 18.3 Å². The van der Waals surface area contributed by atoms with Crippen LogP contribution < -0.4 is 9.47 Å². The molecule has 0 fully saturated rings. The van der Waals surface area contributed by atoms with Gasteiger partial charge >= 0.3 is 0 Å². The Morgan fingerprint density at radius 1 is 1.14 bits per heavy atom. The van der Waals surface area contributed by atoms with Gasteiger partial charge in [0, 0.05) is 10.0 Å². The first-order valence-corrected chi connectivity index (χ1v) is 7.34. The van der Waals surface area contributed by atoms with Crippen LogP contribution in [0.3, 0.4) is 0 Å². The monoisotopic (exact) mass is 354 g/mol. The summed E-state index contributed by atoms with van der Waals surface area (Å²) in [4.78, 5) is 0. The molecule has 0 aliphatic rings. The van der Waals surface area contributed by atoms with Gasteiger partial charge in [-0.2, -0.15) is 0 Å². The quantitative estimate of drug-likeness (QED) is 0.793. The van der Waals surface area contributed by atoms with E-state index in [1.165, 1.54) is 18.2 Å². The fourth-order valence-corrected chi connectivity index (χ4v) is 2.22. The number of halogens is 2. The summed E-state index contributed by atoms with van der Waals surface area (Å²) in [7, 11) is 0. The lowest BCUT2D eigenvalue weighted by atomic mass is 10.1. The molecule has 0 aliphatic carbocycles. The zero-order chi connectivity index (χ0) is 15.2. The maximum absolute atomic E-state index is 13.2. The van der Waals surface area contributed by atoms with Crippen LogP contribution in [0.25, 0.3) is 0 Å². The van der Waals surface area contributed by atoms with Crippen molar-refractivity contribution in [3.05, 3.63) is 58.3 Å². The molecular weight excluding hydrogens is 339 g/mol. The van der Waals surface area contributed by atoms with E-state index in [1.54, 1.807) is 6.92 Å². The van der Waals surface area contributed by atoms with Crippen molar-refractivity contribution in [2.24, 2.45) is 0 Å². The van der Waals surface area contributed by atoms with Gasteiger partial charge in [-0.15, -0.1) is 0 Å². The minimum absolute atomic E-state index is 0.303. The average molecular weight is 355 g/mol. The van der Waals surface area contributed by atoms with E-state index in [0.29, 0.717) is 24.5 Å². The Kier molecular flexibility index (Phi) is 5.59. The Labute approximate surface area is 131 Å². The molecule has 0 heterocycles. The van der Waals surface area contributed by atoms with Crippen molar-refractivity contribution in [3.63, 3.8) is 0 Å². The standard InChI is InChI=1S/C16H16BrFO3/c1-11(19)15-10-13(18)5-6-16(15)21-8-7-20-14-4-2-3-12(17)9-14/h2-6,9-11,19H,7-8H2,1H3/t11-/m0/s1. The van der Waals surface area contributed by atoms with Gasteiger partial charge < -0.3 is 14.6 Å². The minimum Gasteiger partial charge on any atom is -0.490 e. The van der Waals surface area contributed by atoms with Gasteiger partial charge in [0.05, 0.1) is 6.10 Å². The van der Waals surface area contributed by atoms with E-state index in [2.05, 4.69) is 15.9 Å². The van der Waals surface area contributed by atoms with Gasteiger partial charge in [0.1, 0.15) is 30.5 Å². The number of hydrogen-bond donors (Lipinski definition) is 1. The average Bonchev–Trinajstić information content (AvgIpc) is 2.44. The van der Waals surface area contributed by atoms with E-state index in [-0.39, 0.29) is 0 Å². The Morgan fingerprint density at radius 2 is 1.90 bits per heavy atom. The molecule has 112 valence electrons. The minimum atomic E-state index is -0.790. The normalized spacial score (nSPS) is 12.0. The lowest BCUT2D eigenvalue weighted by Crippen LogP contribution is -2.10. The molecule has 0 bridgehead atoms. The summed E-state index contributed by atoms with van der Waals surface area (Å²) in [5.41, 5.74) is 0.428. The van der Waals surface area contributed by atoms with Crippen molar-refractivity contribution >= 4 is 15.9 Å². The number of aliphatic hydroxyl groups excluding tert-OH is 1. The third-order valence-electron chi connectivity index (χ3n) is 2.83. The van der Waals surface area contributed by atoms with Crippen molar-refractivity contribution < 1.29 is 19.0 Å². The predicted octanol–water partition coefficient (Wildman–Crippen LogP) is 4.10. The zero-order valence-electron chi connectivity index (χ0n) is 11.6. The molecule has 5 heteroatoms. The molecule has 0 amide bonds. The van der Waals surface area contributed by atoms with Crippen LogP contribution in [0.1, 0.15) is 18.6 Å². The van der Waals surface area contributed by atoms with Crippen LogP contribution in [0.5, 0.6) is 11.5 Å². The first-order valence-electron chi connectivity index (χ1n) is 6.55. The van der Waals surface area contributed by atoms with Crippen molar-refractivity contribution in [1.82, 2.24) is 0 Å². The smallest absolute Gasteiger partial charge is 0.125 e. The topological polar surface area (TPSA) is 38.7 Å². The van der Waals surface area contributed by atoms with Crippen LogP contribution in [0.4, 0.5) is 4.39 Å². The van der Waals surface area contributed by atoms with Gasteiger partial charge in [-0.25, -0.2) is 4.39 Å². The number of aliphatic hydroxyl groups is 1. The second kappa shape index (κ2) is 7.43. The summed E-state index contributed by atoms with van der Waals surface area (Å²) in [5, 5.41) is 9.61. The zero-order valence-corrected chi connectivity index (χ0v) is 13.1. The Bertz CT molecular complexity index is 602. The molecule has 0 saturated heterocycles. The Morgan fingerprint density at radius 3 is 2.62 bits per heavy atom. The Hall–Kier alpha value is -1.59. The van der Waals surface area contributed by atoms with E-state index >= 15 is 0 Å². The fraction of sp³-hybridized carbons (Fsp3) is 0.250. The first kappa shape index (κ1) is 15.8. The second-order valence-corrected chi connectivity index (χ2v) is 5.43. The maximum Gasteiger partial charge on any atom is 0.125 e. The van der Waals surface area contributed by atoms with Crippen molar-refractivity contribution in [2.45, 2.75) is 13.0 Å². The number of hydrogen-bond acceptors (Lipinski definition) is 3. The molecule has 2 aromatic carbocycles. The van der Waals surface area contributed by atoms with E-state index in [9.17, 15) is 9.50 Å². The largest absolute Gasteiger partial charge is 0.490 e. The highest BCUT2D eigenvalue weighted by Gasteiger charge is 2.10. The molecule has 0 aromatic heterocycles. The summed E-state index contributed by atoms with van der Waals surface area (Å²) < 4.78 is 25.2. The summed E-state index contributed by atoms with van der Waals surface area (Å²) in [6.45, 7) is 2.23. The van der Waals surface area contributed by atoms with Crippen molar-refractivity contribution in [1.29, 1.82) is 0 Å². The lowest BCUT2D eigenvalue weighted by molar-refractivity contribution is 0.181. The molecule has 0 unspecified atom stereocenters. The molecule has 0 spiro atoms. The molecule has 0 radical (unpaired) electrons. The van der Waals surface area contributed by atoms with Gasteiger partial charge in [-0.3, -0.25) is 0 Å². The van der Waals surface area contributed by atoms with Gasteiger partial charge in [0.25, 0.3) is 0 Å². The summed E-state index contributed by atoms with van der Waals surface area (Å²) in [6.07, 6.45) is -0.790. The Balaban J connectivity index is 1.89. The predicted molar refractivity (Wildman–Crippen MR) is 82.2 cm³/mol. The van der Waals surface area contributed by atoms with E-state index in [4.69, 9.17) is 9.47 Å². The van der Waals surface area contributed by atoms with Gasteiger partial charge in [-0.1, -0.05) is 22.0 Å². The molecule has 2 rings (SSSR count). The second-order valence-electron chi connectivity index (χ2n) is 4.51. The number of rotatable bonds is 6. The molecule has 1 atom stereocenters. The van der Waals surface area contributed by atoms with Gasteiger partial charge in [0.15, 0.2) is 0 Å². The summed E-state index contributed by atoms with van der Waals surface area (Å²) in [6, 6.07) is 11.6. The van der Waals surface area contributed by atoms with Crippen LogP contribution in [0, 0.1) is 5.82 Å². The fourth-order valence-electron chi connectivity index (χ4n) is 1.85. The number of ether oxygens (including phenoxy) is 2. The van der Waals surface area contributed by atoms with Crippen LogP contribution in [0.2, 0.25) is 0 Å². The molecule has 0 aliphatic heterocycles. The summed E-state index contributed by atoms with van der Waals surface area (Å²) >= 11 is 3.37. The summed E-state index contributed by atoms with van der Waals surface area (Å²) in [5.74, 6) is 0.802. The third-order valence-corrected chi connectivity index (χ3v) is 3.32. The lowest BCUT2D eigenvalue weighted by Gasteiger charge is -2.14. The highest BCUT2D eigenvalue weighted by Crippen LogP contribution is 2.26. The van der Waals surface area contributed by atoms with Crippen LogP contribution in [-0.2, 0) is 0 Å². The third kappa shape index (κ3) is 4.72. The van der Waals surface area contributed by atoms with Gasteiger partial charge in [0.2, 0.25) is 0 Å². The SMILES string of the molecule is C[C@H](O)c1cc(F)ccc1OCCOc1cccc(Br)c1. The van der Waals surface area contributed by atoms with E-state index < -0.39 is 11.9 Å². The molecule has 21 heavy (non-hydrogen) atoms. The van der Waals surface area contributed by atoms with Crippen LogP contribution >= 0.6 is 15.9 Å². The van der Waals surface area contributed by atoms with Gasteiger partial charge in [-0.05, 0) is 43.3 Å². The number of benzene rings is 2. The molecule has 3 nitrogen and oxygen atoms in total. The molecule has 0 saturated carbocycles. The van der Waals surface area contributed by atoms with Crippen molar-refractivity contribution in [3.8, 4) is 11.5 Å². The van der Waals surface area contributed by atoms with Crippen molar-refractivity contribution in [2.75, 3.05) is 13.2 Å². The van der Waals surface area contributed by atoms with Crippen LogP contribution in [0.15, 0.2) is 46.9 Å². The highest BCUT2D eigenvalue weighted by atomic mass is 79.9. The first-order chi connectivity index (χ1) is 10.1. The molecule has 2 aromatic rings.